The van der Waals surface area contributed by atoms with Gasteiger partial charge in [0.1, 0.15) is 18.7 Å². The highest BCUT2D eigenvalue weighted by molar-refractivity contribution is 6.14. The average molecular weight is 369 g/mol. The number of hydrogen-bond donors (Lipinski definition) is 4. The summed E-state index contributed by atoms with van der Waals surface area (Å²) in [5, 5.41) is 2.98. The Labute approximate surface area is 154 Å². The molecule has 140 valence electrons. The maximum atomic E-state index is 13.4. The normalized spacial score (nSPS) is 30.3. The number of nitrogens with one attached hydrogen (secondary N) is 1. The van der Waals surface area contributed by atoms with Crippen LogP contribution in [0.5, 0.6) is 0 Å². The molecule has 27 heavy (non-hydrogen) atoms. The van der Waals surface area contributed by atoms with Crippen molar-refractivity contribution in [2.75, 3.05) is 13.2 Å². The van der Waals surface area contributed by atoms with Crippen LogP contribution in [-0.4, -0.2) is 59.6 Å². The van der Waals surface area contributed by atoms with Crippen molar-refractivity contribution in [3.63, 3.8) is 0 Å². The average Bonchev–Trinajstić information content (AvgIpc) is 3.12. The van der Waals surface area contributed by atoms with Gasteiger partial charge in [0.15, 0.2) is 11.9 Å². The minimum Gasteiger partial charge on any atom is -0.447 e. The van der Waals surface area contributed by atoms with Gasteiger partial charge in [0.2, 0.25) is 11.4 Å². The number of Topliss-reactive ketones (excluding diaryl/α,β-unsaturated/α-hetero) is 1. The quantitative estimate of drug-likeness (QED) is 0.483. The number of ketones is 1. The van der Waals surface area contributed by atoms with E-state index in [1.807, 2.05) is 36.4 Å². The van der Waals surface area contributed by atoms with Crippen LogP contribution in [0.1, 0.15) is 5.56 Å². The Hall–Kier alpha value is -3.56. The van der Waals surface area contributed by atoms with Gasteiger partial charge in [0.25, 0.3) is 0 Å². The van der Waals surface area contributed by atoms with Crippen LogP contribution in [-0.2, 0) is 9.53 Å². The van der Waals surface area contributed by atoms with E-state index in [-0.39, 0.29) is 30.9 Å². The monoisotopic (exact) mass is 369 g/mol. The number of benzene rings is 1. The van der Waals surface area contributed by atoms with E-state index >= 15 is 0 Å². The van der Waals surface area contributed by atoms with Gasteiger partial charge in [-0.15, -0.1) is 0 Å². The summed E-state index contributed by atoms with van der Waals surface area (Å²) in [7, 11) is 0. The number of hydrogen-bond acceptors (Lipinski definition) is 9. The molecule has 1 spiro atoms. The van der Waals surface area contributed by atoms with E-state index in [1.54, 1.807) is 4.90 Å². The molecule has 0 saturated carbocycles. The van der Waals surface area contributed by atoms with E-state index in [1.165, 1.54) is 0 Å². The van der Waals surface area contributed by atoms with Crippen molar-refractivity contribution in [2.45, 2.75) is 17.7 Å². The Morgan fingerprint density at radius 2 is 2.07 bits per heavy atom. The molecule has 10 nitrogen and oxygen atoms in total. The van der Waals surface area contributed by atoms with Crippen LogP contribution in [0.3, 0.4) is 0 Å². The summed E-state index contributed by atoms with van der Waals surface area (Å²) >= 11 is 0. The van der Waals surface area contributed by atoms with E-state index in [9.17, 15) is 9.59 Å². The fourth-order valence-corrected chi connectivity index (χ4v) is 3.79. The first-order valence-corrected chi connectivity index (χ1v) is 8.37. The number of amides is 1. The molecule has 0 unspecified atom stereocenters. The lowest BCUT2D eigenvalue weighted by molar-refractivity contribution is -0.123. The minimum absolute atomic E-state index is 0.105. The first-order chi connectivity index (χ1) is 12.9. The van der Waals surface area contributed by atoms with Gasteiger partial charge in [-0.25, -0.2) is 14.8 Å². The first-order valence-electron chi connectivity index (χ1n) is 8.37. The van der Waals surface area contributed by atoms with Gasteiger partial charge in [-0.3, -0.25) is 4.79 Å². The number of carbonyl (C=O) groups excluding carboxylic acids is 2. The SMILES string of the molecule is NC(=O)OC[C@@H]1N=C(N)N2C/C(=C\c3ccccc3)C(=O)[C@@]23NC(N)=N[C@@H]13. The third-order valence-electron chi connectivity index (χ3n) is 4.89. The summed E-state index contributed by atoms with van der Waals surface area (Å²) in [4.78, 5) is 34.7. The number of carbonyl (C=O) groups is 2. The van der Waals surface area contributed by atoms with Crippen LogP contribution >= 0.6 is 0 Å². The Balaban J connectivity index is 1.73. The highest BCUT2D eigenvalue weighted by Gasteiger charge is 2.64. The van der Waals surface area contributed by atoms with Crippen LogP contribution in [0.15, 0.2) is 45.9 Å². The molecule has 0 bridgehead atoms. The Morgan fingerprint density at radius 1 is 1.33 bits per heavy atom. The highest BCUT2D eigenvalue weighted by Crippen LogP contribution is 2.39. The largest absolute Gasteiger partial charge is 0.447 e. The van der Waals surface area contributed by atoms with Gasteiger partial charge in [0, 0.05) is 5.57 Å². The third-order valence-corrected chi connectivity index (χ3v) is 4.89. The number of guanidine groups is 2. The van der Waals surface area contributed by atoms with Gasteiger partial charge in [-0.2, -0.15) is 0 Å². The van der Waals surface area contributed by atoms with E-state index in [0.29, 0.717) is 5.57 Å². The van der Waals surface area contributed by atoms with Crippen LogP contribution in [0.4, 0.5) is 4.79 Å². The molecular weight excluding hydrogens is 350 g/mol. The maximum absolute atomic E-state index is 13.4. The molecule has 0 aliphatic carbocycles. The molecule has 3 atom stereocenters. The predicted molar refractivity (Wildman–Crippen MR) is 98.4 cm³/mol. The Bertz CT molecular complexity index is 895. The molecule has 3 aliphatic rings. The van der Waals surface area contributed by atoms with Crippen LogP contribution in [0.25, 0.3) is 6.08 Å². The molecule has 10 heteroatoms. The number of ether oxygens (including phenoxy) is 1. The second-order valence-electron chi connectivity index (χ2n) is 6.53. The zero-order valence-corrected chi connectivity index (χ0v) is 14.3. The van der Waals surface area contributed by atoms with Gasteiger partial charge >= 0.3 is 6.09 Å². The molecule has 3 aliphatic heterocycles. The Kier molecular flexibility index (Phi) is 3.76. The molecule has 1 fully saturated rings. The summed E-state index contributed by atoms with van der Waals surface area (Å²) < 4.78 is 4.87. The molecule has 0 radical (unpaired) electrons. The third kappa shape index (κ3) is 2.57. The van der Waals surface area contributed by atoms with E-state index in [2.05, 4.69) is 15.3 Å². The summed E-state index contributed by atoms with van der Waals surface area (Å²) in [6.07, 6.45) is 0.871. The fraction of sp³-hybridized carbons (Fsp3) is 0.294. The summed E-state index contributed by atoms with van der Waals surface area (Å²) in [6.45, 7) is 0.110. The van der Waals surface area contributed by atoms with E-state index in [0.717, 1.165) is 5.56 Å². The van der Waals surface area contributed by atoms with Crippen molar-refractivity contribution in [3.05, 3.63) is 41.5 Å². The van der Waals surface area contributed by atoms with E-state index in [4.69, 9.17) is 21.9 Å². The lowest BCUT2D eigenvalue weighted by Crippen LogP contribution is -2.71. The lowest BCUT2D eigenvalue weighted by atomic mass is 9.89. The van der Waals surface area contributed by atoms with Crippen molar-refractivity contribution < 1.29 is 14.3 Å². The summed E-state index contributed by atoms with van der Waals surface area (Å²) in [5.41, 5.74) is 17.2. The number of nitrogens with zero attached hydrogens (tertiary/aromatic N) is 3. The second-order valence-corrected chi connectivity index (χ2v) is 6.53. The van der Waals surface area contributed by atoms with Crippen molar-refractivity contribution in [2.24, 2.45) is 27.2 Å². The predicted octanol–water partition coefficient (Wildman–Crippen LogP) is -1.27. The van der Waals surface area contributed by atoms with Crippen LogP contribution in [0.2, 0.25) is 0 Å². The second kappa shape index (κ2) is 6.01. The van der Waals surface area contributed by atoms with Crippen molar-refractivity contribution in [1.29, 1.82) is 0 Å². The molecule has 1 aromatic carbocycles. The number of nitrogens with two attached hydrogens (primary N) is 3. The zero-order chi connectivity index (χ0) is 19.2. The molecule has 1 aromatic rings. The lowest BCUT2D eigenvalue weighted by Gasteiger charge is -2.43. The number of rotatable bonds is 3. The molecule has 1 amide bonds. The van der Waals surface area contributed by atoms with E-state index < -0.39 is 23.8 Å². The van der Waals surface area contributed by atoms with Crippen molar-refractivity contribution in [1.82, 2.24) is 10.2 Å². The Morgan fingerprint density at radius 3 is 2.78 bits per heavy atom. The van der Waals surface area contributed by atoms with Crippen LogP contribution < -0.4 is 22.5 Å². The highest BCUT2D eigenvalue weighted by atomic mass is 16.5. The molecule has 3 heterocycles. The smallest absolute Gasteiger partial charge is 0.404 e. The topological polar surface area (TPSA) is 161 Å². The maximum Gasteiger partial charge on any atom is 0.404 e. The van der Waals surface area contributed by atoms with Gasteiger partial charge in [-0.05, 0) is 11.6 Å². The minimum atomic E-state index is -1.28. The first kappa shape index (κ1) is 16.9. The zero-order valence-electron chi connectivity index (χ0n) is 14.3. The van der Waals surface area contributed by atoms with Crippen molar-refractivity contribution >= 4 is 29.9 Å². The standard InChI is InChI=1S/C17H19N7O3/c18-14-22-12-11(8-27-16(20)26)21-15(19)24-7-10(13(25)17(12,24)23-14)6-9-4-2-1-3-5-9/h1-6,11-12H,7-8H2,(H2,19,21)(H2,20,26)(H3,18,22,23)/b10-6+/t11-,12-,17-/m0/s1. The molecule has 0 aromatic heterocycles. The fourth-order valence-electron chi connectivity index (χ4n) is 3.79. The summed E-state index contributed by atoms with van der Waals surface area (Å²) in [6, 6.07) is 8.11. The molecular formula is C17H19N7O3. The van der Waals surface area contributed by atoms with Gasteiger partial charge in [-0.1, -0.05) is 30.3 Å². The number of primary amides is 1. The molecule has 7 N–H and O–H groups in total. The summed E-state index contributed by atoms with van der Waals surface area (Å²) in [5.74, 6) is 0.0577. The molecule has 1 saturated heterocycles. The van der Waals surface area contributed by atoms with Crippen molar-refractivity contribution in [3.8, 4) is 0 Å². The van der Waals surface area contributed by atoms with Gasteiger partial charge in [0.05, 0.1) is 6.54 Å². The number of aliphatic imine (C=N–C) groups is 2. The van der Waals surface area contributed by atoms with Crippen LogP contribution in [0, 0.1) is 0 Å². The molecule has 4 rings (SSSR count). The van der Waals surface area contributed by atoms with Gasteiger partial charge < -0.3 is 32.2 Å².